The van der Waals surface area contributed by atoms with Crippen LogP contribution in [0.25, 0.3) is 0 Å². The van der Waals surface area contributed by atoms with E-state index in [9.17, 15) is 8.42 Å². The van der Waals surface area contributed by atoms with Crippen LogP contribution in [0.1, 0.15) is 39.5 Å². The van der Waals surface area contributed by atoms with Crippen molar-refractivity contribution in [1.29, 1.82) is 0 Å². The molecule has 5 nitrogen and oxygen atoms in total. The summed E-state index contributed by atoms with van der Waals surface area (Å²) in [6, 6.07) is 0.328. The van der Waals surface area contributed by atoms with E-state index in [-0.39, 0.29) is 11.9 Å². The maximum absolute atomic E-state index is 12.5. The van der Waals surface area contributed by atoms with Crippen LogP contribution >= 0.6 is 0 Å². The van der Waals surface area contributed by atoms with E-state index in [0.717, 1.165) is 19.4 Å². The Balaban J connectivity index is 1.88. The highest BCUT2D eigenvalue weighted by Crippen LogP contribution is 2.31. The van der Waals surface area contributed by atoms with Gasteiger partial charge >= 0.3 is 0 Å². The van der Waals surface area contributed by atoms with Crippen LogP contribution in [0.3, 0.4) is 0 Å². The Kier molecular flexibility index (Phi) is 5.84. The second-order valence-electron chi connectivity index (χ2n) is 6.29. The molecule has 118 valence electrons. The summed E-state index contributed by atoms with van der Waals surface area (Å²) in [6.07, 6.45) is 4.66. The third kappa shape index (κ3) is 5.31. The summed E-state index contributed by atoms with van der Waals surface area (Å²) in [5, 5.41) is 3.39. The molecule has 0 aromatic heterocycles. The van der Waals surface area contributed by atoms with Crippen molar-refractivity contribution in [2.75, 3.05) is 32.0 Å². The average Bonchev–Trinajstić information content (AvgIpc) is 3.02. The molecule has 1 unspecified atom stereocenters. The lowest BCUT2D eigenvalue weighted by Gasteiger charge is -2.25. The van der Waals surface area contributed by atoms with Crippen LogP contribution in [0.2, 0.25) is 0 Å². The third-order valence-electron chi connectivity index (χ3n) is 3.93. The molecule has 1 saturated heterocycles. The van der Waals surface area contributed by atoms with Gasteiger partial charge in [-0.3, -0.25) is 0 Å². The van der Waals surface area contributed by atoms with Crippen LogP contribution in [0.4, 0.5) is 0 Å². The first-order valence-electron chi connectivity index (χ1n) is 7.80. The molecule has 2 rings (SSSR count). The summed E-state index contributed by atoms with van der Waals surface area (Å²) < 4.78 is 32.1. The molecular formula is C14H28N2O3S. The van der Waals surface area contributed by atoms with E-state index >= 15 is 0 Å². The maximum Gasteiger partial charge on any atom is 0.216 e. The molecule has 1 saturated carbocycles. The lowest BCUT2D eigenvalue weighted by Crippen LogP contribution is -2.43. The number of ether oxygens (including phenoxy) is 1. The van der Waals surface area contributed by atoms with Gasteiger partial charge in [0.15, 0.2) is 0 Å². The summed E-state index contributed by atoms with van der Waals surface area (Å²) in [6.45, 7) is 6.48. The predicted molar refractivity (Wildman–Crippen MR) is 80.2 cm³/mol. The zero-order valence-corrected chi connectivity index (χ0v) is 13.5. The first-order chi connectivity index (χ1) is 9.47. The molecule has 1 atom stereocenters. The van der Waals surface area contributed by atoms with Gasteiger partial charge in [0.2, 0.25) is 10.0 Å². The van der Waals surface area contributed by atoms with E-state index in [0.29, 0.717) is 31.7 Å². The highest BCUT2D eigenvalue weighted by Gasteiger charge is 2.32. The highest BCUT2D eigenvalue weighted by molar-refractivity contribution is 7.89. The Hall–Kier alpha value is -0.170. The van der Waals surface area contributed by atoms with E-state index in [2.05, 4.69) is 5.32 Å². The SMILES string of the molecule is CC(C)OCCS(=O)(=O)N(CC1CC1)CC1CCCN1. The average molecular weight is 304 g/mol. The zero-order valence-electron chi connectivity index (χ0n) is 12.7. The van der Waals surface area contributed by atoms with Gasteiger partial charge in [0.1, 0.15) is 0 Å². The zero-order chi connectivity index (χ0) is 14.6. The number of hydrogen-bond donors (Lipinski definition) is 1. The van der Waals surface area contributed by atoms with Crippen LogP contribution in [0.15, 0.2) is 0 Å². The number of sulfonamides is 1. The van der Waals surface area contributed by atoms with Crippen molar-refractivity contribution in [3.05, 3.63) is 0 Å². The largest absolute Gasteiger partial charge is 0.378 e. The molecule has 0 bridgehead atoms. The second kappa shape index (κ2) is 7.20. The van der Waals surface area contributed by atoms with Crippen LogP contribution < -0.4 is 5.32 Å². The van der Waals surface area contributed by atoms with Gasteiger partial charge in [-0.1, -0.05) is 0 Å². The molecule has 0 aromatic carbocycles. The van der Waals surface area contributed by atoms with Gasteiger partial charge in [-0.25, -0.2) is 12.7 Å². The predicted octanol–water partition coefficient (Wildman–Crippen LogP) is 1.21. The molecule has 2 fully saturated rings. The van der Waals surface area contributed by atoms with Crippen molar-refractivity contribution in [2.45, 2.75) is 51.7 Å². The quantitative estimate of drug-likeness (QED) is 0.695. The molecule has 1 aliphatic heterocycles. The van der Waals surface area contributed by atoms with E-state index < -0.39 is 10.0 Å². The Morgan fingerprint density at radius 2 is 2.00 bits per heavy atom. The van der Waals surface area contributed by atoms with Crippen molar-refractivity contribution in [3.8, 4) is 0 Å². The summed E-state index contributed by atoms with van der Waals surface area (Å²) in [4.78, 5) is 0. The Bertz CT molecular complexity index is 387. The minimum absolute atomic E-state index is 0.0820. The van der Waals surface area contributed by atoms with Crippen LogP contribution in [-0.2, 0) is 14.8 Å². The molecule has 6 heteroatoms. The Morgan fingerprint density at radius 3 is 2.55 bits per heavy atom. The number of rotatable bonds is 9. The van der Waals surface area contributed by atoms with Crippen molar-refractivity contribution < 1.29 is 13.2 Å². The molecule has 1 N–H and O–H groups in total. The van der Waals surface area contributed by atoms with Crippen LogP contribution in [0.5, 0.6) is 0 Å². The van der Waals surface area contributed by atoms with Crippen molar-refractivity contribution >= 4 is 10.0 Å². The van der Waals surface area contributed by atoms with Gasteiger partial charge in [0.25, 0.3) is 0 Å². The van der Waals surface area contributed by atoms with E-state index in [1.807, 2.05) is 13.8 Å². The Labute approximate surface area is 123 Å². The van der Waals surface area contributed by atoms with Gasteiger partial charge in [0.05, 0.1) is 18.5 Å². The van der Waals surface area contributed by atoms with Crippen molar-refractivity contribution in [3.63, 3.8) is 0 Å². The molecule has 20 heavy (non-hydrogen) atoms. The molecule has 0 amide bonds. The van der Waals surface area contributed by atoms with Crippen molar-refractivity contribution in [1.82, 2.24) is 9.62 Å². The molecule has 1 aliphatic carbocycles. The second-order valence-corrected chi connectivity index (χ2v) is 8.38. The van der Waals surface area contributed by atoms with Crippen molar-refractivity contribution in [2.24, 2.45) is 5.92 Å². The number of nitrogens with zero attached hydrogens (tertiary/aromatic N) is 1. The van der Waals surface area contributed by atoms with Gasteiger partial charge < -0.3 is 10.1 Å². The standard InChI is InChI=1S/C14H28N2O3S/c1-12(2)19-8-9-20(17,18)16(10-13-5-6-13)11-14-4-3-7-15-14/h12-15H,3-11H2,1-2H3. The minimum Gasteiger partial charge on any atom is -0.378 e. The van der Waals surface area contributed by atoms with Crippen LogP contribution in [0, 0.1) is 5.92 Å². The fourth-order valence-corrected chi connectivity index (χ4v) is 3.98. The number of nitrogens with one attached hydrogen (secondary N) is 1. The van der Waals surface area contributed by atoms with Gasteiger partial charge in [-0.2, -0.15) is 0 Å². The molecule has 0 spiro atoms. The molecule has 2 aliphatic rings. The first kappa shape index (κ1) is 16.2. The van der Waals surface area contributed by atoms with E-state index in [1.165, 1.54) is 12.8 Å². The summed E-state index contributed by atoms with van der Waals surface area (Å²) in [5.74, 6) is 0.683. The van der Waals surface area contributed by atoms with Gasteiger partial charge in [-0.05, 0) is 52.0 Å². The fourth-order valence-electron chi connectivity index (χ4n) is 2.57. The molecule has 1 heterocycles. The summed E-state index contributed by atoms with van der Waals surface area (Å²) in [7, 11) is -3.19. The smallest absolute Gasteiger partial charge is 0.216 e. The van der Waals surface area contributed by atoms with E-state index in [4.69, 9.17) is 4.74 Å². The van der Waals surface area contributed by atoms with Gasteiger partial charge in [-0.15, -0.1) is 0 Å². The summed E-state index contributed by atoms with van der Waals surface area (Å²) >= 11 is 0. The minimum atomic E-state index is -3.19. The highest BCUT2D eigenvalue weighted by atomic mass is 32.2. The lowest BCUT2D eigenvalue weighted by atomic mass is 10.2. The first-order valence-corrected chi connectivity index (χ1v) is 9.41. The normalized spacial score (nSPS) is 23.9. The fraction of sp³-hybridized carbons (Fsp3) is 1.00. The Morgan fingerprint density at radius 1 is 1.25 bits per heavy atom. The van der Waals surface area contributed by atoms with Crippen LogP contribution in [-0.4, -0.2) is 56.9 Å². The maximum atomic E-state index is 12.5. The van der Waals surface area contributed by atoms with Gasteiger partial charge in [0, 0.05) is 19.1 Å². The topological polar surface area (TPSA) is 58.6 Å². The molecule has 0 radical (unpaired) electrons. The molecule has 0 aromatic rings. The summed E-state index contributed by atoms with van der Waals surface area (Å²) in [5.41, 5.74) is 0. The lowest BCUT2D eigenvalue weighted by molar-refractivity contribution is 0.0906. The monoisotopic (exact) mass is 304 g/mol. The molecular weight excluding hydrogens is 276 g/mol. The third-order valence-corrected chi connectivity index (χ3v) is 5.70. The number of hydrogen-bond acceptors (Lipinski definition) is 4. The van der Waals surface area contributed by atoms with E-state index in [1.54, 1.807) is 4.31 Å².